The number of ether oxygens (including phenoxy) is 4. The molecule has 0 spiro atoms. The Morgan fingerprint density at radius 2 is 1.37 bits per heavy atom. The number of hydrogen-bond donors (Lipinski definition) is 0. The first-order valence-electron chi connectivity index (χ1n) is 6.23. The van der Waals surface area contributed by atoms with E-state index in [1.807, 2.05) is 0 Å². The largest absolute Gasteiger partial charge is 0.500 e. The van der Waals surface area contributed by atoms with E-state index in [0.717, 1.165) is 0 Å². The molecule has 0 bridgehead atoms. The molecule has 6 heteroatoms. The van der Waals surface area contributed by atoms with Crippen molar-refractivity contribution in [1.82, 2.24) is 0 Å². The number of cyclic esters (lactones) is 2. The molecule has 2 aliphatic heterocycles. The van der Waals surface area contributed by atoms with Crippen molar-refractivity contribution in [2.45, 2.75) is 19.3 Å². The monoisotopic (exact) mass is 268 g/mol. The zero-order chi connectivity index (χ0) is 13.5. The van der Waals surface area contributed by atoms with E-state index >= 15 is 0 Å². The van der Waals surface area contributed by atoms with E-state index in [9.17, 15) is 9.59 Å². The van der Waals surface area contributed by atoms with Gasteiger partial charge in [0.05, 0.1) is 50.1 Å². The summed E-state index contributed by atoms with van der Waals surface area (Å²) in [5.74, 6) is -0.610. The molecule has 0 aromatic carbocycles. The number of esters is 2. The van der Waals surface area contributed by atoms with Gasteiger partial charge in [-0.15, -0.1) is 0 Å². The van der Waals surface area contributed by atoms with Crippen LogP contribution in [-0.2, 0) is 28.5 Å². The molecular weight excluding hydrogens is 252 g/mol. The highest BCUT2D eigenvalue weighted by molar-refractivity contribution is 5.90. The number of rotatable bonds is 6. The van der Waals surface area contributed by atoms with Gasteiger partial charge in [0.2, 0.25) is 0 Å². The maximum absolute atomic E-state index is 11.1. The minimum absolute atomic E-state index is 0.305. The molecule has 0 radical (unpaired) electrons. The molecule has 2 fully saturated rings. The molecule has 2 rings (SSSR count). The molecule has 19 heavy (non-hydrogen) atoms. The van der Waals surface area contributed by atoms with Crippen molar-refractivity contribution >= 4 is 11.9 Å². The lowest BCUT2D eigenvalue weighted by molar-refractivity contribution is -0.136. The first-order chi connectivity index (χ1) is 9.27. The predicted octanol–water partition coefficient (Wildman–Crippen LogP) is 1.07. The Balaban J connectivity index is 1.55. The highest BCUT2D eigenvalue weighted by Gasteiger charge is 2.19. The van der Waals surface area contributed by atoms with Crippen molar-refractivity contribution in [3.63, 3.8) is 0 Å². The molecule has 6 nitrogen and oxygen atoms in total. The quantitative estimate of drug-likeness (QED) is 0.310. The van der Waals surface area contributed by atoms with E-state index in [2.05, 4.69) is 0 Å². The summed E-state index contributed by atoms with van der Waals surface area (Å²) < 4.78 is 20.0. The molecule has 0 unspecified atom stereocenters. The van der Waals surface area contributed by atoms with E-state index in [1.165, 1.54) is 12.5 Å². The predicted molar refractivity (Wildman–Crippen MR) is 63.8 cm³/mol. The van der Waals surface area contributed by atoms with Gasteiger partial charge in [0.1, 0.15) is 0 Å². The Labute approximate surface area is 111 Å². The van der Waals surface area contributed by atoms with Gasteiger partial charge in [-0.2, -0.15) is 0 Å². The Kier molecular flexibility index (Phi) is 4.83. The SMILES string of the molecule is O=C1OCCC1=COCCCO/C=C1\CCOC1=O. The van der Waals surface area contributed by atoms with Gasteiger partial charge < -0.3 is 18.9 Å². The Morgan fingerprint density at radius 1 is 0.895 bits per heavy atom. The average Bonchev–Trinajstić information content (AvgIpc) is 2.98. The standard InChI is InChI=1S/C13H16O6/c14-12-10(2-6-18-12)8-16-4-1-5-17-9-11-3-7-19-13(11)15/h8-9H,1-7H2/b10-8+,11-9?. The normalized spacial score (nSPS) is 22.7. The zero-order valence-electron chi connectivity index (χ0n) is 10.6. The van der Waals surface area contributed by atoms with Crippen LogP contribution < -0.4 is 0 Å². The lowest BCUT2D eigenvalue weighted by Crippen LogP contribution is -2.00. The average molecular weight is 268 g/mol. The summed E-state index contributed by atoms with van der Waals surface area (Å²) >= 11 is 0. The summed E-state index contributed by atoms with van der Waals surface area (Å²) in [5.41, 5.74) is 1.13. The van der Waals surface area contributed by atoms with Crippen LogP contribution in [0.4, 0.5) is 0 Å². The number of hydrogen-bond acceptors (Lipinski definition) is 6. The number of carbonyl (C=O) groups excluding carboxylic acids is 2. The molecule has 0 aromatic rings. The van der Waals surface area contributed by atoms with Gasteiger partial charge in [0, 0.05) is 19.3 Å². The van der Waals surface area contributed by atoms with Gasteiger partial charge in [-0.05, 0) is 0 Å². The van der Waals surface area contributed by atoms with Crippen molar-refractivity contribution in [2.75, 3.05) is 26.4 Å². The van der Waals surface area contributed by atoms with Crippen LogP contribution >= 0.6 is 0 Å². The maximum Gasteiger partial charge on any atom is 0.337 e. The first kappa shape index (κ1) is 13.5. The van der Waals surface area contributed by atoms with Gasteiger partial charge in [0.25, 0.3) is 0 Å². The van der Waals surface area contributed by atoms with Crippen LogP contribution in [0.2, 0.25) is 0 Å². The summed E-state index contributed by atoms with van der Waals surface area (Å²) in [7, 11) is 0. The molecule has 2 heterocycles. The van der Waals surface area contributed by atoms with Crippen molar-refractivity contribution in [3.8, 4) is 0 Å². The van der Waals surface area contributed by atoms with Crippen molar-refractivity contribution in [1.29, 1.82) is 0 Å². The molecule has 0 saturated carbocycles. The van der Waals surface area contributed by atoms with Crippen molar-refractivity contribution in [2.24, 2.45) is 0 Å². The zero-order valence-corrected chi connectivity index (χ0v) is 10.6. The van der Waals surface area contributed by atoms with Gasteiger partial charge in [-0.25, -0.2) is 9.59 Å². The molecular formula is C13H16O6. The molecule has 104 valence electrons. The summed E-state index contributed by atoms with van der Waals surface area (Å²) in [6.07, 6.45) is 4.76. The summed E-state index contributed by atoms with van der Waals surface area (Å²) in [4.78, 5) is 22.1. The van der Waals surface area contributed by atoms with Crippen LogP contribution in [-0.4, -0.2) is 38.4 Å². The molecule has 0 N–H and O–H groups in total. The van der Waals surface area contributed by atoms with Crippen LogP contribution in [0.5, 0.6) is 0 Å². The second-order valence-electron chi connectivity index (χ2n) is 4.15. The van der Waals surface area contributed by atoms with Crippen LogP contribution in [0.25, 0.3) is 0 Å². The Morgan fingerprint density at radius 3 is 1.74 bits per heavy atom. The Hall–Kier alpha value is -1.98. The van der Waals surface area contributed by atoms with E-state index in [-0.39, 0.29) is 11.9 Å². The van der Waals surface area contributed by atoms with Crippen molar-refractivity contribution in [3.05, 3.63) is 23.7 Å². The smallest absolute Gasteiger partial charge is 0.337 e. The van der Waals surface area contributed by atoms with Crippen molar-refractivity contribution < 1.29 is 28.5 Å². The van der Waals surface area contributed by atoms with Gasteiger partial charge in [0.15, 0.2) is 0 Å². The van der Waals surface area contributed by atoms with Crippen LogP contribution in [0.15, 0.2) is 23.7 Å². The fourth-order valence-corrected chi connectivity index (χ4v) is 1.66. The molecule has 0 amide bonds. The molecule has 0 aromatic heterocycles. The van der Waals surface area contributed by atoms with Gasteiger partial charge in [-0.1, -0.05) is 0 Å². The summed E-state index contributed by atoms with van der Waals surface area (Å²) in [6, 6.07) is 0. The lowest BCUT2D eigenvalue weighted by atomic mass is 10.2. The topological polar surface area (TPSA) is 71.1 Å². The third-order valence-electron chi connectivity index (χ3n) is 2.71. The minimum atomic E-state index is -0.305. The molecule has 0 aliphatic carbocycles. The van der Waals surface area contributed by atoms with Crippen LogP contribution in [0, 0.1) is 0 Å². The third-order valence-corrected chi connectivity index (χ3v) is 2.71. The van der Waals surface area contributed by atoms with E-state index in [0.29, 0.717) is 56.8 Å². The molecule has 2 aliphatic rings. The second-order valence-corrected chi connectivity index (χ2v) is 4.15. The third kappa shape index (κ3) is 4.01. The highest BCUT2D eigenvalue weighted by atomic mass is 16.5. The fourth-order valence-electron chi connectivity index (χ4n) is 1.66. The highest BCUT2D eigenvalue weighted by Crippen LogP contribution is 2.13. The van der Waals surface area contributed by atoms with E-state index < -0.39 is 0 Å². The first-order valence-corrected chi connectivity index (χ1v) is 6.23. The maximum atomic E-state index is 11.1. The Bertz CT molecular complexity index is 371. The van der Waals surface area contributed by atoms with Gasteiger partial charge in [-0.3, -0.25) is 0 Å². The lowest BCUT2D eigenvalue weighted by Gasteiger charge is -2.02. The van der Waals surface area contributed by atoms with Gasteiger partial charge >= 0.3 is 11.9 Å². The minimum Gasteiger partial charge on any atom is -0.500 e. The van der Waals surface area contributed by atoms with E-state index in [1.54, 1.807) is 0 Å². The molecule has 0 atom stereocenters. The van der Waals surface area contributed by atoms with Crippen LogP contribution in [0.3, 0.4) is 0 Å². The number of carbonyl (C=O) groups is 2. The van der Waals surface area contributed by atoms with Crippen LogP contribution in [0.1, 0.15) is 19.3 Å². The molecule has 2 saturated heterocycles. The second kappa shape index (κ2) is 6.82. The summed E-state index contributed by atoms with van der Waals surface area (Å²) in [5, 5.41) is 0. The van der Waals surface area contributed by atoms with E-state index in [4.69, 9.17) is 18.9 Å². The summed E-state index contributed by atoms with van der Waals surface area (Å²) in [6.45, 7) is 1.76. The fraction of sp³-hybridized carbons (Fsp3) is 0.538.